The highest BCUT2D eigenvalue weighted by Crippen LogP contribution is 2.35. The van der Waals surface area contributed by atoms with Crippen LogP contribution in [0.5, 0.6) is 11.5 Å². The molecule has 134 valence electrons. The Bertz CT molecular complexity index is 813. The van der Waals surface area contributed by atoms with Crippen molar-refractivity contribution in [2.75, 3.05) is 11.7 Å². The first-order valence-electron chi connectivity index (χ1n) is 9.07. The summed E-state index contributed by atoms with van der Waals surface area (Å²) >= 11 is 0. The van der Waals surface area contributed by atoms with E-state index in [1.165, 1.54) is 6.42 Å². The fraction of sp³-hybridized carbons (Fsp3) is 0.333. The highest BCUT2D eigenvalue weighted by atomic mass is 16.7. The maximum atomic E-state index is 13.4. The zero-order valence-electron chi connectivity index (χ0n) is 14.7. The Morgan fingerprint density at radius 3 is 2.65 bits per heavy atom. The highest BCUT2D eigenvalue weighted by Gasteiger charge is 2.30. The van der Waals surface area contributed by atoms with E-state index in [1.807, 2.05) is 41.3 Å². The second-order valence-electron chi connectivity index (χ2n) is 6.70. The monoisotopic (exact) mass is 350 g/mol. The van der Waals surface area contributed by atoms with Crippen LogP contribution in [0.2, 0.25) is 0 Å². The van der Waals surface area contributed by atoms with E-state index in [-0.39, 0.29) is 18.7 Å². The Morgan fingerprint density at radius 1 is 1.08 bits per heavy atom. The van der Waals surface area contributed by atoms with Crippen LogP contribution >= 0.6 is 0 Å². The molecule has 1 fully saturated rings. The van der Waals surface area contributed by atoms with Crippen molar-refractivity contribution < 1.29 is 14.3 Å². The Balaban J connectivity index is 1.64. The number of rotatable bonds is 4. The summed E-state index contributed by atoms with van der Waals surface area (Å²) in [5.41, 5.74) is 1.19. The van der Waals surface area contributed by atoms with Crippen LogP contribution in [-0.4, -0.2) is 23.7 Å². The van der Waals surface area contributed by atoms with Crippen LogP contribution in [0, 0.1) is 0 Å². The van der Waals surface area contributed by atoms with Gasteiger partial charge in [0.1, 0.15) is 5.82 Å². The van der Waals surface area contributed by atoms with Gasteiger partial charge < -0.3 is 9.47 Å². The number of hydrogen-bond donors (Lipinski definition) is 0. The summed E-state index contributed by atoms with van der Waals surface area (Å²) in [5, 5.41) is 0. The zero-order chi connectivity index (χ0) is 17.9. The third-order valence-corrected chi connectivity index (χ3v) is 5.03. The third-order valence-electron chi connectivity index (χ3n) is 5.03. The second-order valence-corrected chi connectivity index (χ2v) is 6.70. The summed E-state index contributed by atoms with van der Waals surface area (Å²) in [5.74, 6) is 1.93. The number of nitrogens with zero attached hydrogens (tertiary/aromatic N) is 2. The molecule has 0 radical (unpaired) electrons. The molecule has 5 heteroatoms. The first kappa shape index (κ1) is 16.6. The van der Waals surface area contributed by atoms with Crippen LogP contribution in [-0.2, 0) is 4.79 Å². The molecule has 26 heavy (non-hydrogen) atoms. The van der Waals surface area contributed by atoms with Gasteiger partial charge in [-0.2, -0.15) is 0 Å². The minimum absolute atomic E-state index is 0.102. The largest absolute Gasteiger partial charge is 0.454 e. The van der Waals surface area contributed by atoms with Gasteiger partial charge in [-0.25, -0.2) is 4.98 Å². The molecule has 0 unspecified atom stereocenters. The third kappa shape index (κ3) is 3.17. The van der Waals surface area contributed by atoms with E-state index in [1.54, 1.807) is 6.20 Å². The molecule has 0 N–H and O–H groups in total. The molecule has 1 aromatic carbocycles. The average molecular weight is 350 g/mol. The summed E-state index contributed by atoms with van der Waals surface area (Å²) in [6.07, 6.45) is 7.22. The zero-order valence-corrected chi connectivity index (χ0v) is 14.7. The number of fused-ring (bicyclic) bond motifs is 1. The number of carbonyl (C=O) groups is 1. The van der Waals surface area contributed by atoms with Gasteiger partial charge in [0.15, 0.2) is 11.5 Å². The van der Waals surface area contributed by atoms with E-state index in [9.17, 15) is 4.79 Å². The van der Waals surface area contributed by atoms with E-state index < -0.39 is 0 Å². The van der Waals surface area contributed by atoms with Crippen LogP contribution in [0.25, 0.3) is 5.57 Å². The van der Waals surface area contributed by atoms with E-state index in [4.69, 9.17) is 9.47 Å². The number of hydrogen-bond acceptors (Lipinski definition) is 4. The van der Waals surface area contributed by atoms with Gasteiger partial charge in [0.05, 0.1) is 0 Å². The standard InChI is InChI=1S/C21H22N2O3/c1-15(16-10-11-18-19(13-16)26-14-25-18)21(24)23(17-7-3-2-4-8-17)20-9-5-6-12-22-20/h5-6,9-13,17H,1-4,7-8,14H2. The lowest BCUT2D eigenvalue weighted by Gasteiger charge is -2.34. The summed E-state index contributed by atoms with van der Waals surface area (Å²) in [6.45, 7) is 4.29. The number of pyridine rings is 1. The fourth-order valence-electron chi connectivity index (χ4n) is 3.65. The number of benzene rings is 1. The van der Waals surface area contributed by atoms with E-state index in [2.05, 4.69) is 11.6 Å². The molecule has 4 rings (SSSR count). The van der Waals surface area contributed by atoms with Crippen molar-refractivity contribution in [3.05, 3.63) is 54.7 Å². The first-order chi connectivity index (χ1) is 12.7. The normalized spacial score (nSPS) is 16.3. The predicted molar refractivity (Wildman–Crippen MR) is 100 cm³/mol. The summed E-state index contributed by atoms with van der Waals surface area (Å²) < 4.78 is 10.8. The van der Waals surface area contributed by atoms with Crippen molar-refractivity contribution in [3.63, 3.8) is 0 Å². The van der Waals surface area contributed by atoms with Gasteiger partial charge >= 0.3 is 0 Å². The molecule has 1 amide bonds. The molecule has 0 atom stereocenters. The lowest BCUT2D eigenvalue weighted by Crippen LogP contribution is -2.42. The van der Waals surface area contributed by atoms with Crippen LogP contribution in [0.1, 0.15) is 37.7 Å². The molecule has 0 spiro atoms. The maximum absolute atomic E-state index is 13.4. The molecule has 2 heterocycles. The van der Waals surface area contributed by atoms with E-state index in [0.717, 1.165) is 31.2 Å². The minimum atomic E-state index is -0.102. The fourth-order valence-corrected chi connectivity index (χ4v) is 3.65. The summed E-state index contributed by atoms with van der Waals surface area (Å²) in [7, 11) is 0. The number of aromatic nitrogens is 1. The molecule has 0 saturated heterocycles. The van der Waals surface area contributed by atoms with Crippen LogP contribution < -0.4 is 14.4 Å². The molecule has 5 nitrogen and oxygen atoms in total. The molecule has 0 bridgehead atoms. The van der Waals surface area contributed by atoms with Gasteiger partial charge in [0.25, 0.3) is 5.91 Å². The molecule has 1 aliphatic carbocycles. The Kier molecular flexibility index (Phi) is 4.61. The van der Waals surface area contributed by atoms with Gasteiger partial charge in [-0.1, -0.05) is 38.0 Å². The van der Waals surface area contributed by atoms with Gasteiger partial charge in [0.2, 0.25) is 6.79 Å². The number of amides is 1. The lowest BCUT2D eigenvalue weighted by molar-refractivity contribution is -0.114. The molecule has 1 aliphatic heterocycles. The Morgan fingerprint density at radius 2 is 1.88 bits per heavy atom. The topological polar surface area (TPSA) is 51.7 Å². The van der Waals surface area contributed by atoms with Crippen LogP contribution in [0.4, 0.5) is 5.82 Å². The predicted octanol–water partition coefficient (Wildman–Crippen LogP) is 4.19. The first-order valence-corrected chi connectivity index (χ1v) is 9.07. The molecule has 2 aromatic rings. The van der Waals surface area contributed by atoms with Crippen molar-refractivity contribution in [1.82, 2.24) is 4.98 Å². The van der Waals surface area contributed by atoms with Gasteiger partial charge in [0, 0.05) is 17.8 Å². The highest BCUT2D eigenvalue weighted by molar-refractivity contribution is 6.25. The smallest absolute Gasteiger partial charge is 0.259 e. The second kappa shape index (κ2) is 7.20. The van der Waals surface area contributed by atoms with Gasteiger partial charge in [-0.3, -0.25) is 9.69 Å². The number of anilines is 1. The molecule has 1 saturated carbocycles. The van der Waals surface area contributed by atoms with E-state index >= 15 is 0 Å². The number of carbonyl (C=O) groups excluding carboxylic acids is 1. The van der Waals surface area contributed by atoms with Gasteiger partial charge in [-0.05, 0) is 42.7 Å². The van der Waals surface area contributed by atoms with Gasteiger partial charge in [-0.15, -0.1) is 0 Å². The molecular formula is C21H22N2O3. The van der Waals surface area contributed by atoms with Crippen molar-refractivity contribution in [2.24, 2.45) is 0 Å². The molecule has 1 aromatic heterocycles. The number of ether oxygens (including phenoxy) is 2. The van der Waals surface area contributed by atoms with Crippen LogP contribution in [0.3, 0.4) is 0 Å². The minimum Gasteiger partial charge on any atom is -0.454 e. The average Bonchev–Trinajstić information content (AvgIpc) is 3.17. The van der Waals surface area contributed by atoms with Crippen LogP contribution in [0.15, 0.2) is 49.2 Å². The quantitative estimate of drug-likeness (QED) is 0.776. The van der Waals surface area contributed by atoms with Crippen molar-refractivity contribution >= 4 is 17.3 Å². The van der Waals surface area contributed by atoms with E-state index in [0.29, 0.717) is 22.9 Å². The van der Waals surface area contributed by atoms with Crippen molar-refractivity contribution in [3.8, 4) is 11.5 Å². The van der Waals surface area contributed by atoms with Crippen molar-refractivity contribution in [2.45, 2.75) is 38.1 Å². The Labute approximate surface area is 153 Å². The summed E-state index contributed by atoms with van der Waals surface area (Å²) in [4.78, 5) is 19.6. The lowest BCUT2D eigenvalue weighted by atomic mass is 9.93. The SMILES string of the molecule is C=C(C(=O)N(c1ccccn1)C1CCCCC1)c1ccc2c(c1)OCO2. The summed E-state index contributed by atoms with van der Waals surface area (Å²) in [6, 6.07) is 11.3. The molecule has 2 aliphatic rings. The maximum Gasteiger partial charge on any atom is 0.259 e. The van der Waals surface area contributed by atoms with Crippen molar-refractivity contribution in [1.29, 1.82) is 0 Å². The molecular weight excluding hydrogens is 328 g/mol. The Hall–Kier alpha value is -2.82.